The Kier molecular flexibility index (Phi) is 13.9. The maximum Gasteiger partial charge on any atom is 1.00 e. The van der Waals surface area contributed by atoms with Gasteiger partial charge >= 0.3 is 59.1 Å². The Morgan fingerprint density at radius 3 is 2.47 bits per heavy atom. The van der Waals surface area contributed by atoms with Crippen LogP contribution < -0.4 is 79.4 Å². The van der Waals surface area contributed by atoms with Gasteiger partial charge in [0.2, 0.25) is 5.91 Å². The van der Waals surface area contributed by atoms with Crippen molar-refractivity contribution in [1.82, 2.24) is 10.3 Å². The molecular weight excluding hydrogens is 430 g/mol. The molecule has 0 radical (unpaired) electrons. The number of carbonyl (C=O) groups excluding carboxylic acids is 3. The number of carboxylic acids is 2. The summed E-state index contributed by atoms with van der Waals surface area (Å²) < 4.78 is 5.51. The molecule has 0 spiro atoms. The second-order valence-electron chi connectivity index (χ2n) is 6.00. The van der Waals surface area contributed by atoms with Crippen LogP contribution in [-0.4, -0.2) is 41.2 Å². The first-order chi connectivity index (χ1) is 13.3. The molecule has 150 valence electrons. The van der Waals surface area contributed by atoms with Gasteiger partial charge in [-0.1, -0.05) is 0 Å². The number of nitrogens with zero attached hydrogens (tertiary/aromatic N) is 1. The number of nitrogens with one attached hydrogen (secondary N) is 1. The summed E-state index contributed by atoms with van der Waals surface area (Å²) in [6.45, 7) is 4.22. The molecule has 2 rings (SSSR count). The number of carboxylic acid groups (broad SMARTS) is 2. The quantitative estimate of drug-likeness (QED) is 0.280. The molecule has 0 saturated heterocycles. The molecule has 1 amide bonds. The number of fused-ring (bicyclic) bond motifs is 1. The minimum absolute atomic E-state index is 0. The van der Waals surface area contributed by atoms with Crippen molar-refractivity contribution >= 4 is 40.5 Å². The predicted octanol–water partition coefficient (Wildman–Crippen LogP) is -6.19. The minimum Gasteiger partial charge on any atom is -0.550 e. The van der Waals surface area contributed by atoms with Crippen molar-refractivity contribution in [2.45, 2.75) is 37.6 Å². The van der Waals surface area contributed by atoms with Crippen LogP contribution >= 0.6 is 11.8 Å². The zero-order valence-corrected chi connectivity index (χ0v) is 22.3. The zero-order chi connectivity index (χ0) is 20.7. The minimum atomic E-state index is -1.45. The van der Waals surface area contributed by atoms with E-state index in [4.69, 9.17) is 4.74 Å². The molecule has 1 atom stereocenters. The molecule has 0 aliphatic carbocycles. The van der Waals surface area contributed by atoms with Crippen LogP contribution in [0.2, 0.25) is 0 Å². The second kappa shape index (κ2) is 14.3. The molecule has 2 aromatic rings. The monoisotopic (exact) mass is 450 g/mol. The van der Waals surface area contributed by atoms with Gasteiger partial charge in [-0.2, -0.15) is 0 Å². The normalized spacial score (nSPS) is 11.0. The largest absolute Gasteiger partial charge is 1.00 e. The Hall–Kier alpha value is -0.810. The van der Waals surface area contributed by atoms with Crippen molar-refractivity contribution in [3.05, 3.63) is 30.0 Å². The summed E-state index contributed by atoms with van der Waals surface area (Å²) in [7, 11) is 0. The van der Waals surface area contributed by atoms with Crippen molar-refractivity contribution in [2.75, 3.05) is 12.4 Å². The van der Waals surface area contributed by atoms with Gasteiger partial charge in [0.15, 0.2) is 0 Å². The number of amides is 1. The molecule has 11 heteroatoms. The number of benzene rings is 1. The van der Waals surface area contributed by atoms with E-state index in [1.54, 1.807) is 0 Å². The first kappa shape index (κ1) is 29.2. The van der Waals surface area contributed by atoms with Gasteiger partial charge in [0.05, 0.1) is 24.1 Å². The topological polar surface area (TPSA) is 131 Å². The molecule has 8 nitrogen and oxygen atoms in total. The van der Waals surface area contributed by atoms with Gasteiger partial charge in [0.1, 0.15) is 5.75 Å². The number of rotatable bonds is 10. The van der Waals surface area contributed by atoms with Crippen molar-refractivity contribution < 1.29 is 88.4 Å². The van der Waals surface area contributed by atoms with Gasteiger partial charge in [-0.25, -0.2) is 0 Å². The van der Waals surface area contributed by atoms with Gasteiger partial charge in [0.25, 0.3) is 0 Å². The number of thioether (sulfide) groups is 1. The smallest absolute Gasteiger partial charge is 0.550 e. The van der Waals surface area contributed by atoms with Crippen LogP contribution in [0.3, 0.4) is 0 Å². The first-order valence-electron chi connectivity index (χ1n) is 8.67. The average Bonchev–Trinajstić information content (AvgIpc) is 2.63. The zero-order valence-electron chi connectivity index (χ0n) is 17.5. The van der Waals surface area contributed by atoms with Gasteiger partial charge in [-0.15, -0.1) is 11.8 Å². The van der Waals surface area contributed by atoms with Crippen LogP contribution in [0.4, 0.5) is 0 Å². The van der Waals surface area contributed by atoms with E-state index in [0.717, 1.165) is 21.5 Å². The molecule has 30 heavy (non-hydrogen) atoms. The number of aromatic nitrogens is 1. The van der Waals surface area contributed by atoms with Gasteiger partial charge in [-0.05, 0) is 44.5 Å². The molecule has 0 fully saturated rings. The fraction of sp³-hybridized carbons (Fsp3) is 0.368. The van der Waals surface area contributed by atoms with Crippen molar-refractivity contribution in [2.24, 2.45) is 0 Å². The van der Waals surface area contributed by atoms with Crippen LogP contribution in [-0.2, 0) is 14.4 Å². The van der Waals surface area contributed by atoms with Gasteiger partial charge < -0.3 is 29.9 Å². The molecule has 1 heterocycles. The summed E-state index contributed by atoms with van der Waals surface area (Å²) in [4.78, 5) is 38.8. The molecule has 0 saturated carbocycles. The predicted molar refractivity (Wildman–Crippen MR) is 99.6 cm³/mol. The molecule has 0 aliphatic heterocycles. The third-order valence-corrected chi connectivity index (χ3v) is 4.91. The Bertz CT molecular complexity index is 897. The number of carbonyl (C=O) groups is 3. The van der Waals surface area contributed by atoms with E-state index in [1.165, 1.54) is 11.8 Å². The Morgan fingerprint density at radius 2 is 1.87 bits per heavy atom. The van der Waals surface area contributed by atoms with E-state index >= 15 is 0 Å². The first-order valence-corrected chi connectivity index (χ1v) is 9.65. The summed E-state index contributed by atoms with van der Waals surface area (Å²) in [6, 6.07) is 6.04. The van der Waals surface area contributed by atoms with Gasteiger partial charge in [-0.3, -0.25) is 9.78 Å². The van der Waals surface area contributed by atoms with Crippen molar-refractivity contribution in [3.8, 4) is 5.75 Å². The summed E-state index contributed by atoms with van der Waals surface area (Å²) in [5.74, 6) is -2.82. The number of hydrogen-bond donors (Lipinski definition) is 1. The van der Waals surface area contributed by atoms with E-state index in [0.29, 0.717) is 12.4 Å². The number of pyridine rings is 1. The second-order valence-corrected chi connectivity index (χ2v) is 7.06. The van der Waals surface area contributed by atoms with Crippen LogP contribution in [0.5, 0.6) is 5.75 Å². The molecule has 1 aromatic heterocycles. The van der Waals surface area contributed by atoms with Crippen LogP contribution in [0.15, 0.2) is 29.2 Å². The number of hydrogen-bond acceptors (Lipinski definition) is 8. The van der Waals surface area contributed by atoms with Crippen LogP contribution in [0.25, 0.3) is 10.9 Å². The fourth-order valence-electron chi connectivity index (χ4n) is 2.50. The maximum atomic E-state index is 11.7. The Morgan fingerprint density at radius 1 is 1.17 bits per heavy atom. The van der Waals surface area contributed by atoms with E-state index in [-0.39, 0.29) is 71.3 Å². The van der Waals surface area contributed by atoms with Crippen LogP contribution in [0.1, 0.15) is 25.5 Å². The standard InChI is InChI=1S/C19H22N2O6S.2Na/c1-3-27-12-4-5-14-13(9-12)16(8-11(2)20-14)28-10-15(19(25)26)21-17(22)6-7-18(23)24;;/h4-5,8-9,15H,3,6-7,10H2,1-2H3,(H,21,22)(H,23,24)(H,25,26);;/q;2*+1/p-2. The molecule has 0 aliphatic rings. The number of ether oxygens (including phenoxy) is 1. The van der Waals surface area contributed by atoms with E-state index < -0.39 is 30.3 Å². The summed E-state index contributed by atoms with van der Waals surface area (Å²) in [5.41, 5.74) is 1.51. The SMILES string of the molecule is CCOc1ccc2nc(C)cc(SCC(NC(=O)CCC(=O)[O-])C(=O)[O-])c2c1.[Na+].[Na+]. The number of aliphatic carboxylic acids is 2. The maximum absolute atomic E-state index is 11.7. The van der Waals surface area contributed by atoms with Crippen molar-refractivity contribution in [1.29, 1.82) is 0 Å². The van der Waals surface area contributed by atoms with Gasteiger partial charge in [0, 0.05) is 34.1 Å². The fourth-order valence-corrected chi connectivity index (χ4v) is 3.64. The third kappa shape index (κ3) is 9.13. The van der Waals surface area contributed by atoms with Crippen LogP contribution in [0, 0.1) is 6.92 Å². The summed E-state index contributed by atoms with van der Waals surface area (Å²) in [6.07, 6.45) is -0.834. The van der Waals surface area contributed by atoms with Crippen molar-refractivity contribution in [3.63, 3.8) is 0 Å². The summed E-state index contributed by atoms with van der Waals surface area (Å²) >= 11 is 1.23. The molecule has 1 unspecified atom stereocenters. The molecule has 1 N–H and O–H groups in total. The Labute approximate surface area is 223 Å². The average molecular weight is 450 g/mol. The van der Waals surface area contributed by atoms with E-state index in [2.05, 4.69) is 10.3 Å². The third-order valence-electron chi connectivity index (χ3n) is 3.76. The van der Waals surface area contributed by atoms with E-state index in [9.17, 15) is 24.6 Å². The summed E-state index contributed by atoms with van der Waals surface area (Å²) in [5, 5.41) is 24.9. The molecule has 1 aromatic carbocycles. The molecule has 0 bridgehead atoms. The Balaban J connectivity index is 0.00000420. The molecular formula is C19H20N2Na2O6S. The van der Waals surface area contributed by atoms with E-state index in [1.807, 2.05) is 38.1 Å². The number of aryl methyl sites for hydroxylation is 1.